The maximum atomic E-state index is 5.66. The summed E-state index contributed by atoms with van der Waals surface area (Å²) < 4.78 is 6.89. The number of thiol groups is 1. The summed E-state index contributed by atoms with van der Waals surface area (Å²) in [5, 5.41) is 0. The van der Waals surface area contributed by atoms with Gasteiger partial charge in [-0.25, -0.2) is 0 Å². The zero-order chi connectivity index (χ0) is 10.6. The Labute approximate surface area is 105 Å². The first-order valence-electron chi connectivity index (χ1n) is 4.53. The largest absolute Gasteiger partial charge is 0.493 e. The molecule has 0 saturated carbocycles. The van der Waals surface area contributed by atoms with Crippen molar-refractivity contribution in [2.24, 2.45) is 5.41 Å². The van der Waals surface area contributed by atoms with E-state index in [4.69, 9.17) is 4.74 Å². The number of ether oxygens (including phenoxy) is 1. The van der Waals surface area contributed by atoms with Crippen LogP contribution in [0.4, 0.5) is 0 Å². The van der Waals surface area contributed by atoms with E-state index in [1.165, 1.54) is 3.57 Å². The molecule has 0 heterocycles. The second-order valence-corrected chi connectivity index (χ2v) is 5.63. The molecule has 14 heavy (non-hydrogen) atoms. The van der Waals surface area contributed by atoms with Crippen LogP contribution in [0.15, 0.2) is 24.3 Å². The average Bonchev–Trinajstić information content (AvgIpc) is 2.17. The van der Waals surface area contributed by atoms with Crippen molar-refractivity contribution in [3.05, 3.63) is 27.8 Å². The van der Waals surface area contributed by atoms with E-state index in [1.807, 2.05) is 24.3 Å². The Kier molecular flexibility index (Phi) is 4.57. The highest BCUT2D eigenvalue weighted by molar-refractivity contribution is 14.1. The third-order valence-corrected chi connectivity index (χ3v) is 3.45. The summed E-state index contributed by atoms with van der Waals surface area (Å²) in [6.07, 6.45) is 0. The fourth-order valence-electron chi connectivity index (χ4n) is 0.855. The van der Waals surface area contributed by atoms with Crippen LogP contribution >= 0.6 is 35.2 Å². The van der Waals surface area contributed by atoms with Crippen molar-refractivity contribution in [3.8, 4) is 5.75 Å². The zero-order valence-electron chi connectivity index (χ0n) is 8.46. The highest BCUT2D eigenvalue weighted by atomic mass is 127. The molecule has 0 aliphatic rings. The Hall–Kier alpha value is 0.1000. The number of halogens is 1. The van der Waals surface area contributed by atoms with Crippen LogP contribution in [0.1, 0.15) is 13.8 Å². The molecule has 0 fully saturated rings. The summed E-state index contributed by atoms with van der Waals surface area (Å²) in [6, 6.07) is 8.08. The smallest absolute Gasteiger partial charge is 0.119 e. The Balaban J connectivity index is 2.50. The molecule has 0 aromatic heterocycles. The van der Waals surface area contributed by atoms with Crippen LogP contribution in [0.5, 0.6) is 5.75 Å². The highest BCUT2D eigenvalue weighted by Gasteiger charge is 2.16. The van der Waals surface area contributed by atoms with Crippen molar-refractivity contribution in [2.45, 2.75) is 13.8 Å². The first-order valence-corrected chi connectivity index (χ1v) is 6.24. The van der Waals surface area contributed by atoms with Gasteiger partial charge in [-0.3, -0.25) is 0 Å². The van der Waals surface area contributed by atoms with E-state index in [1.54, 1.807) is 0 Å². The van der Waals surface area contributed by atoms with E-state index in [-0.39, 0.29) is 5.41 Å². The predicted octanol–water partition coefficient (Wildman–Crippen LogP) is 3.63. The van der Waals surface area contributed by atoms with E-state index in [9.17, 15) is 0 Å². The van der Waals surface area contributed by atoms with Crippen molar-refractivity contribution in [1.29, 1.82) is 0 Å². The summed E-state index contributed by atoms with van der Waals surface area (Å²) in [7, 11) is 0. The molecule has 0 saturated heterocycles. The van der Waals surface area contributed by atoms with Gasteiger partial charge in [0.05, 0.1) is 6.61 Å². The van der Waals surface area contributed by atoms with Gasteiger partial charge in [-0.1, -0.05) is 13.8 Å². The molecule has 0 bridgehead atoms. The SMILES string of the molecule is CC(C)(CS)COc1ccc(I)cc1. The molecule has 1 rings (SSSR count). The van der Waals surface area contributed by atoms with E-state index < -0.39 is 0 Å². The van der Waals surface area contributed by atoms with Crippen LogP contribution in [0.2, 0.25) is 0 Å². The van der Waals surface area contributed by atoms with Gasteiger partial charge in [0.1, 0.15) is 5.75 Å². The van der Waals surface area contributed by atoms with Crippen LogP contribution in [0, 0.1) is 8.99 Å². The topological polar surface area (TPSA) is 9.23 Å². The summed E-state index contributed by atoms with van der Waals surface area (Å²) in [4.78, 5) is 0. The first-order chi connectivity index (χ1) is 6.53. The molecule has 1 nitrogen and oxygen atoms in total. The van der Waals surface area contributed by atoms with Crippen LogP contribution in [-0.4, -0.2) is 12.4 Å². The molecule has 0 spiro atoms. The molecular formula is C11H15IOS. The molecule has 78 valence electrons. The molecule has 0 aliphatic carbocycles. The molecule has 0 amide bonds. The maximum Gasteiger partial charge on any atom is 0.119 e. The van der Waals surface area contributed by atoms with Crippen molar-refractivity contribution < 1.29 is 4.74 Å². The predicted molar refractivity (Wildman–Crippen MR) is 72.3 cm³/mol. The number of benzene rings is 1. The lowest BCUT2D eigenvalue weighted by molar-refractivity contribution is 0.202. The van der Waals surface area contributed by atoms with Gasteiger partial charge in [-0.05, 0) is 52.6 Å². The zero-order valence-corrected chi connectivity index (χ0v) is 11.5. The summed E-state index contributed by atoms with van der Waals surface area (Å²) >= 11 is 6.56. The number of hydrogen-bond donors (Lipinski definition) is 1. The summed E-state index contributed by atoms with van der Waals surface area (Å²) in [6.45, 7) is 5.00. The van der Waals surface area contributed by atoms with Gasteiger partial charge in [-0.15, -0.1) is 0 Å². The molecule has 0 aliphatic heterocycles. The molecular weight excluding hydrogens is 307 g/mol. The van der Waals surface area contributed by atoms with Crippen LogP contribution in [0.3, 0.4) is 0 Å². The van der Waals surface area contributed by atoms with Crippen molar-refractivity contribution in [3.63, 3.8) is 0 Å². The fraction of sp³-hybridized carbons (Fsp3) is 0.455. The Morgan fingerprint density at radius 1 is 1.29 bits per heavy atom. The normalized spacial score (nSPS) is 11.4. The van der Waals surface area contributed by atoms with Gasteiger partial charge in [0.2, 0.25) is 0 Å². The minimum Gasteiger partial charge on any atom is -0.493 e. The van der Waals surface area contributed by atoms with Crippen molar-refractivity contribution >= 4 is 35.2 Å². The van der Waals surface area contributed by atoms with Gasteiger partial charge in [-0.2, -0.15) is 12.6 Å². The Morgan fingerprint density at radius 2 is 1.86 bits per heavy atom. The highest BCUT2D eigenvalue weighted by Crippen LogP contribution is 2.20. The van der Waals surface area contributed by atoms with E-state index >= 15 is 0 Å². The maximum absolute atomic E-state index is 5.66. The summed E-state index contributed by atoms with van der Waals surface area (Å²) in [5.41, 5.74) is 0.131. The van der Waals surface area contributed by atoms with Crippen LogP contribution in [0.25, 0.3) is 0 Å². The van der Waals surface area contributed by atoms with Crippen molar-refractivity contribution in [2.75, 3.05) is 12.4 Å². The third-order valence-electron chi connectivity index (χ3n) is 1.87. The lowest BCUT2D eigenvalue weighted by Gasteiger charge is -2.22. The molecule has 0 N–H and O–H groups in total. The molecule has 0 radical (unpaired) electrons. The summed E-state index contributed by atoms with van der Waals surface area (Å²) in [5.74, 6) is 1.76. The first kappa shape index (κ1) is 12.2. The standard InChI is InChI=1S/C11H15IOS/c1-11(2,8-14)7-13-10-5-3-9(12)4-6-10/h3-6,14H,7-8H2,1-2H3. The number of hydrogen-bond acceptors (Lipinski definition) is 2. The van der Waals surface area contributed by atoms with Gasteiger partial charge in [0, 0.05) is 8.99 Å². The minimum absolute atomic E-state index is 0.131. The van der Waals surface area contributed by atoms with Crippen LogP contribution < -0.4 is 4.74 Å². The van der Waals surface area contributed by atoms with Gasteiger partial charge >= 0.3 is 0 Å². The molecule has 1 aromatic carbocycles. The lowest BCUT2D eigenvalue weighted by Crippen LogP contribution is -2.23. The molecule has 1 aromatic rings. The van der Waals surface area contributed by atoms with E-state index in [0.717, 1.165) is 11.5 Å². The Bertz CT molecular complexity index is 282. The quantitative estimate of drug-likeness (QED) is 0.658. The minimum atomic E-state index is 0.131. The van der Waals surface area contributed by atoms with Gasteiger partial charge < -0.3 is 4.74 Å². The third kappa shape index (κ3) is 4.09. The molecule has 3 heteroatoms. The number of rotatable bonds is 4. The Morgan fingerprint density at radius 3 is 2.36 bits per heavy atom. The molecule has 0 atom stereocenters. The van der Waals surface area contributed by atoms with Gasteiger partial charge in [0.25, 0.3) is 0 Å². The fourth-order valence-corrected chi connectivity index (χ4v) is 1.31. The second kappa shape index (κ2) is 5.26. The van der Waals surface area contributed by atoms with Crippen molar-refractivity contribution in [1.82, 2.24) is 0 Å². The van der Waals surface area contributed by atoms with E-state index in [2.05, 4.69) is 49.1 Å². The van der Waals surface area contributed by atoms with E-state index in [0.29, 0.717) is 6.61 Å². The van der Waals surface area contributed by atoms with Crippen LogP contribution in [-0.2, 0) is 0 Å². The second-order valence-electron chi connectivity index (χ2n) is 4.06. The average molecular weight is 322 g/mol. The lowest BCUT2D eigenvalue weighted by atomic mass is 9.98. The molecule has 0 unspecified atom stereocenters. The van der Waals surface area contributed by atoms with Gasteiger partial charge in [0.15, 0.2) is 0 Å². The monoisotopic (exact) mass is 322 g/mol.